The first-order valence-corrected chi connectivity index (χ1v) is 6.37. The molecule has 0 aliphatic heterocycles. The van der Waals surface area contributed by atoms with Crippen LogP contribution in [0.15, 0.2) is 12.7 Å². The summed E-state index contributed by atoms with van der Waals surface area (Å²) < 4.78 is 1.41. The van der Waals surface area contributed by atoms with Gasteiger partial charge in [0.05, 0.1) is 12.5 Å². The average Bonchev–Trinajstić information content (AvgIpc) is 3.01. The van der Waals surface area contributed by atoms with Crippen LogP contribution in [0, 0.1) is 11.3 Å². The summed E-state index contributed by atoms with van der Waals surface area (Å²) in [5.74, 6) is 6.34. The van der Waals surface area contributed by atoms with E-state index in [1.807, 2.05) is 18.7 Å². The SMILES string of the molecule is CC(C)N(CCC#N)c1nc(NN)nc(-n2cncn2)n1. The van der Waals surface area contributed by atoms with Gasteiger partial charge in [-0.2, -0.15) is 30.0 Å². The Morgan fingerprint density at radius 2 is 2.24 bits per heavy atom. The lowest BCUT2D eigenvalue weighted by atomic mass is 10.3. The van der Waals surface area contributed by atoms with Crippen molar-refractivity contribution in [1.82, 2.24) is 29.7 Å². The second-order valence-corrected chi connectivity index (χ2v) is 4.44. The number of hydrogen-bond donors (Lipinski definition) is 2. The van der Waals surface area contributed by atoms with E-state index >= 15 is 0 Å². The van der Waals surface area contributed by atoms with Gasteiger partial charge in [-0.25, -0.2) is 10.8 Å². The lowest BCUT2D eigenvalue weighted by Crippen LogP contribution is -2.34. The molecule has 110 valence electrons. The molecule has 0 spiro atoms. The molecule has 0 amide bonds. The highest BCUT2D eigenvalue weighted by atomic mass is 15.4. The van der Waals surface area contributed by atoms with E-state index in [1.54, 1.807) is 0 Å². The Kier molecular flexibility index (Phi) is 4.57. The number of anilines is 2. The molecule has 0 aliphatic carbocycles. The standard InChI is InChI=1S/C11H16N10/c1-8(2)20(5-3-4-12)10-16-9(19-13)17-11(18-10)21-7-14-6-15-21/h6-8H,3,5,13H2,1-2H3,(H,16,17,18,19). The van der Waals surface area contributed by atoms with Gasteiger partial charge in [0.15, 0.2) is 0 Å². The second kappa shape index (κ2) is 6.58. The number of nitrogens with two attached hydrogens (primary N) is 1. The summed E-state index contributed by atoms with van der Waals surface area (Å²) in [5.41, 5.74) is 2.40. The molecule has 2 heterocycles. The molecule has 0 aromatic carbocycles. The zero-order chi connectivity index (χ0) is 15.2. The lowest BCUT2D eigenvalue weighted by Gasteiger charge is -2.26. The van der Waals surface area contributed by atoms with E-state index in [1.165, 1.54) is 17.3 Å². The van der Waals surface area contributed by atoms with Crippen LogP contribution in [0.3, 0.4) is 0 Å². The lowest BCUT2D eigenvalue weighted by molar-refractivity contribution is 0.657. The van der Waals surface area contributed by atoms with E-state index < -0.39 is 0 Å². The summed E-state index contributed by atoms with van der Waals surface area (Å²) in [6.45, 7) is 4.50. The summed E-state index contributed by atoms with van der Waals surface area (Å²) in [7, 11) is 0. The first-order valence-electron chi connectivity index (χ1n) is 6.37. The Hall–Kier alpha value is -2.80. The maximum absolute atomic E-state index is 8.76. The first-order chi connectivity index (χ1) is 10.2. The fourth-order valence-electron chi connectivity index (χ4n) is 1.72. The third kappa shape index (κ3) is 3.40. The van der Waals surface area contributed by atoms with Gasteiger partial charge in [0, 0.05) is 12.6 Å². The molecule has 2 aromatic rings. The van der Waals surface area contributed by atoms with Gasteiger partial charge in [-0.3, -0.25) is 5.43 Å². The summed E-state index contributed by atoms with van der Waals surface area (Å²) in [6, 6.07) is 2.23. The van der Waals surface area contributed by atoms with Gasteiger partial charge in [-0.05, 0) is 13.8 Å². The Morgan fingerprint density at radius 3 is 2.81 bits per heavy atom. The quantitative estimate of drug-likeness (QED) is 0.550. The van der Waals surface area contributed by atoms with Crippen LogP contribution >= 0.6 is 0 Å². The maximum atomic E-state index is 8.76. The van der Waals surface area contributed by atoms with E-state index in [2.05, 4.69) is 36.5 Å². The summed E-state index contributed by atoms with van der Waals surface area (Å²) >= 11 is 0. The second-order valence-electron chi connectivity index (χ2n) is 4.44. The number of nitrogen functional groups attached to an aromatic ring is 1. The predicted molar refractivity (Wildman–Crippen MR) is 75.3 cm³/mol. The molecule has 10 heteroatoms. The molecular weight excluding hydrogens is 272 g/mol. The fraction of sp³-hybridized carbons (Fsp3) is 0.455. The van der Waals surface area contributed by atoms with Crippen LogP contribution in [-0.4, -0.2) is 42.3 Å². The molecule has 0 bridgehead atoms. The minimum atomic E-state index is 0.120. The van der Waals surface area contributed by atoms with Crippen molar-refractivity contribution in [2.75, 3.05) is 16.9 Å². The fourth-order valence-corrected chi connectivity index (χ4v) is 1.72. The molecule has 0 unspecified atom stereocenters. The normalized spacial score (nSPS) is 10.4. The predicted octanol–water partition coefficient (Wildman–Crippen LogP) is -0.134. The van der Waals surface area contributed by atoms with Gasteiger partial charge >= 0.3 is 0 Å². The Morgan fingerprint density at radius 1 is 1.43 bits per heavy atom. The van der Waals surface area contributed by atoms with Gasteiger partial charge in [0.2, 0.25) is 11.9 Å². The topological polar surface area (TPSA) is 134 Å². The number of rotatable bonds is 6. The Bertz CT molecular complexity index is 614. The van der Waals surface area contributed by atoms with Crippen molar-refractivity contribution in [3.05, 3.63) is 12.7 Å². The molecule has 2 aromatic heterocycles. The molecule has 0 aliphatic rings. The summed E-state index contributed by atoms with van der Waals surface area (Å²) in [4.78, 5) is 18.5. The van der Waals surface area contributed by atoms with Crippen molar-refractivity contribution in [3.8, 4) is 12.0 Å². The van der Waals surface area contributed by atoms with Gasteiger partial charge in [0.1, 0.15) is 12.7 Å². The van der Waals surface area contributed by atoms with E-state index in [4.69, 9.17) is 11.1 Å². The van der Waals surface area contributed by atoms with Gasteiger partial charge in [-0.15, -0.1) is 0 Å². The number of nitriles is 1. The number of nitrogens with one attached hydrogen (secondary N) is 1. The van der Waals surface area contributed by atoms with E-state index in [9.17, 15) is 0 Å². The number of hydrogen-bond acceptors (Lipinski definition) is 9. The van der Waals surface area contributed by atoms with Crippen molar-refractivity contribution in [3.63, 3.8) is 0 Å². The molecule has 2 rings (SSSR count). The largest absolute Gasteiger partial charge is 0.337 e. The number of hydrazine groups is 1. The van der Waals surface area contributed by atoms with Crippen molar-refractivity contribution in [2.24, 2.45) is 5.84 Å². The molecule has 0 saturated heterocycles. The highest BCUT2D eigenvalue weighted by Crippen LogP contribution is 2.15. The van der Waals surface area contributed by atoms with E-state index in [-0.39, 0.29) is 12.0 Å². The molecular formula is C11H16N10. The van der Waals surface area contributed by atoms with Crippen LogP contribution in [0.1, 0.15) is 20.3 Å². The molecule has 0 saturated carbocycles. The maximum Gasteiger partial charge on any atom is 0.258 e. The van der Waals surface area contributed by atoms with Crippen molar-refractivity contribution in [1.29, 1.82) is 5.26 Å². The van der Waals surface area contributed by atoms with Crippen LogP contribution in [0.2, 0.25) is 0 Å². The van der Waals surface area contributed by atoms with Crippen LogP contribution < -0.4 is 16.2 Å². The van der Waals surface area contributed by atoms with Crippen molar-refractivity contribution in [2.45, 2.75) is 26.3 Å². The third-order valence-corrected chi connectivity index (χ3v) is 2.71. The highest BCUT2D eigenvalue weighted by molar-refractivity contribution is 5.40. The molecule has 0 radical (unpaired) electrons. The highest BCUT2D eigenvalue weighted by Gasteiger charge is 2.17. The summed E-state index contributed by atoms with van der Waals surface area (Å²) in [6.07, 6.45) is 3.23. The van der Waals surface area contributed by atoms with Gasteiger partial charge in [-0.1, -0.05) is 0 Å². The summed E-state index contributed by atoms with van der Waals surface area (Å²) in [5, 5.41) is 12.7. The van der Waals surface area contributed by atoms with Crippen LogP contribution in [0.25, 0.3) is 5.95 Å². The number of aromatic nitrogens is 6. The molecule has 10 nitrogen and oxygen atoms in total. The van der Waals surface area contributed by atoms with Crippen molar-refractivity contribution < 1.29 is 0 Å². The molecule has 21 heavy (non-hydrogen) atoms. The minimum Gasteiger partial charge on any atom is -0.337 e. The van der Waals surface area contributed by atoms with Crippen LogP contribution in [-0.2, 0) is 0 Å². The Balaban J connectivity index is 2.42. The van der Waals surface area contributed by atoms with Crippen LogP contribution in [0.4, 0.5) is 11.9 Å². The zero-order valence-corrected chi connectivity index (χ0v) is 11.8. The molecule has 3 N–H and O–H groups in total. The van der Waals surface area contributed by atoms with Crippen LogP contribution in [0.5, 0.6) is 0 Å². The average molecular weight is 288 g/mol. The van der Waals surface area contributed by atoms with Gasteiger partial charge in [0.25, 0.3) is 5.95 Å². The minimum absolute atomic E-state index is 0.120. The smallest absolute Gasteiger partial charge is 0.258 e. The zero-order valence-electron chi connectivity index (χ0n) is 11.8. The molecule has 0 fully saturated rings. The van der Waals surface area contributed by atoms with Crippen molar-refractivity contribution >= 4 is 11.9 Å². The first kappa shape index (κ1) is 14.6. The Labute approximate surface area is 121 Å². The van der Waals surface area contributed by atoms with Gasteiger partial charge < -0.3 is 4.90 Å². The third-order valence-electron chi connectivity index (χ3n) is 2.71. The monoisotopic (exact) mass is 288 g/mol. The van der Waals surface area contributed by atoms with E-state index in [0.29, 0.717) is 24.9 Å². The number of nitrogens with zero attached hydrogens (tertiary/aromatic N) is 8. The van der Waals surface area contributed by atoms with E-state index in [0.717, 1.165) is 0 Å². The molecule has 0 atom stereocenters.